The molecule has 0 radical (unpaired) electrons. The summed E-state index contributed by atoms with van der Waals surface area (Å²) in [4.78, 5) is 19.2. The van der Waals surface area contributed by atoms with E-state index in [1.54, 1.807) is 13.0 Å². The van der Waals surface area contributed by atoms with E-state index in [4.69, 9.17) is 27.9 Å². The number of sulfone groups is 1. The third-order valence-corrected chi connectivity index (χ3v) is 9.66. The highest BCUT2D eigenvalue weighted by molar-refractivity contribution is 7.92. The van der Waals surface area contributed by atoms with Gasteiger partial charge in [-0.15, -0.1) is 0 Å². The molecule has 180 valence electrons. The highest BCUT2D eigenvalue weighted by atomic mass is 35.5. The number of hydrogen-bond donors (Lipinski definition) is 0. The number of ether oxygens (including phenoxy) is 1. The van der Waals surface area contributed by atoms with E-state index < -0.39 is 15.1 Å². The van der Waals surface area contributed by atoms with Crippen LogP contribution in [0.3, 0.4) is 0 Å². The fourth-order valence-electron chi connectivity index (χ4n) is 4.31. The second-order valence-electron chi connectivity index (χ2n) is 8.70. The summed E-state index contributed by atoms with van der Waals surface area (Å²) in [6.45, 7) is 7.22. The number of nitrogens with zero attached hydrogens (tertiary/aromatic N) is 3. The lowest BCUT2D eigenvalue weighted by molar-refractivity contribution is -0.138. The third-order valence-electron chi connectivity index (χ3n) is 6.50. The average Bonchev–Trinajstić information content (AvgIpc) is 2.76. The number of hydrogen-bond acceptors (Lipinski definition) is 6. The maximum atomic E-state index is 12.8. The van der Waals surface area contributed by atoms with E-state index in [1.165, 1.54) is 25.0 Å². The number of halogens is 2. The van der Waals surface area contributed by atoms with Crippen LogP contribution < -0.4 is 0 Å². The number of piperazine rings is 1. The van der Waals surface area contributed by atoms with Crippen molar-refractivity contribution < 1.29 is 17.9 Å². The second kappa shape index (κ2) is 11.5. The molecule has 2 aliphatic rings. The lowest BCUT2D eigenvalue weighted by Gasteiger charge is -2.42. The minimum atomic E-state index is -3.69. The zero-order chi connectivity index (χ0) is 23.3. The van der Waals surface area contributed by atoms with E-state index in [9.17, 15) is 13.2 Å². The van der Waals surface area contributed by atoms with Crippen LogP contribution in [0.1, 0.15) is 26.2 Å². The topological polar surface area (TPSA) is 70.2 Å². The molecule has 0 saturated carbocycles. The van der Waals surface area contributed by atoms with Gasteiger partial charge >= 0.3 is 0 Å². The summed E-state index contributed by atoms with van der Waals surface area (Å²) >= 11 is 12.1. The van der Waals surface area contributed by atoms with Crippen molar-refractivity contribution in [1.29, 1.82) is 0 Å². The van der Waals surface area contributed by atoms with Gasteiger partial charge in [-0.1, -0.05) is 29.3 Å². The van der Waals surface area contributed by atoms with Gasteiger partial charge in [-0.25, -0.2) is 8.42 Å². The predicted molar refractivity (Wildman–Crippen MR) is 127 cm³/mol. The fraction of sp³-hybridized carbons (Fsp3) is 0.682. The Hall–Kier alpha value is -0.900. The van der Waals surface area contributed by atoms with Gasteiger partial charge in [0.1, 0.15) is 11.5 Å². The van der Waals surface area contributed by atoms with Crippen LogP contribution in [0.5, 0.6) is 0 Å². The van der Waals surface area contributed by atoms with E-state index in [0.29, 0.717) is 19.1 Å². The predicted octanol–water partition coefficient (Wildman–Crippen LogP) is 2.80. The minimum Gasteiger partial charge on any atom is -0.372 e. The molecule has 2 fully saturated rings. The first kappa shape index (κ1) is 25.7. The zero-order valence-electron chi connectivity index (χ0n) is 18.8. The molecule has 0 N–H and O–H groups in total. The number of piperidine rings is 1. The van der Waals surface area contributed by atoms with Crippen molar-refractivity contribution in [2.24, 2.45) is 0 Å². The minimum absolute atomic E-state index is 0.0339. The first-order valence-corrected chi connectivity index (χ1v) is 13.5. The van der Waals surface area contributed by atoms with Gasteiger partial charge in [0.25, 0.3) is 0 Å². The van der Waals surface area contributed by atoms with Crippen LogP contribution in [0.4, 0.5) is 0 Å². The van der Waals surface area contributed by atoms with Gasteiger partial charge in [-0.05, 0) is 58.5 Å². The summed E-state index contributed by atoms with van der Waals surface area (Å²) in [5.74, 6) is -0.0438. The Kier molecular flexibility index (Phi) is 9.23. The molecule has 1 amide bonds. The lowest BCUT2D eigenvalue weighted by atomic mass is 10.0. The third kappa shape index (κ3) is 6.36. The van der Waals surface area contributed by atoms with E-state index in [2.05, 4.69) is 16.8 Å². The number of rotatable bonds is 8. The van der Waals surface area contributed by atoms with Crippen LogP contribution in [0.2, 0.25) is 10.0 Å². The van der Waals surface area contributed by atoms with Crippen LogP contribution in [-0.4, -0.2) is 99.8 Å². The molecular formula is C22H33Cl2N3O4S. The summed E-state index contributed by atoms with van der Waals surface area (Å²) < 4.78 is 31.2. The van der Waals surface area contributed by atoms with E-state index in [0.717, 1.165) is 26.2 Å². The smallest absolute Gasteiger partial charge is 0.248 e. The van der Waals surface area contributed by atoms with Crippen molar-refractivity contribution in [2.45, 2.75) is 42.4 Å². The maximum absolute atomic E-state index is 12.8. The lowest BCUT2D eigenvalue weighted by Crippen LogP contribution is -2.54. The molecule has 2 heterocycles. The Balaban J connectivity index is 1.39. The number of benzene rings is 1. The van der Waals surface area contributed by atoms with Gasteiger partial charge < -0.3 is 14.5 Å². The molecule has 1 aromatic carbocycles. The van der Waals surface area contributed by atoms with Crippen LogP contribution in [-0.2, 0) is 19.4 Å². The van der Waals surface area contributed by atoms with Gasteiger partial charge in [0, 0.05) is 38.8 Å². The van der Waals surface area contributed by atoms with Crippen molar-refractivity contribution in [3.63, 3.8) is 0 Å². The zero-order valence-corrected chi connectivity index (χ0v) is 21.1. The first-order valence-electron chi connectivity index (χ1n) is 11.2. The van der Waals surface area contributed by atoms with Crippen LogP contribution in [0, 0.1) is 0 Å². The quantitative estimate of drug-likeness (QED) is 0.506. The van der Waals surface area contributed by atoms with Crippen molar-refractivity contribution >= 4 is 38.9 Å². The number of carbonyl (C=O) groups excluding carboxylic acids is 1. The molecule has 1 unspecified atom stereocenters. The van der Waals surface area contributed by atoms with Crippen molar-refractivity contribution in [3.8, 4) is 0 Å². The van der Waals surface area contributed by atoms with Gasteiger partial charge in [0.05, 0.1) is 15.3 Å². The van der Waals surface area contributed by atoms with Crippen molar-refractivity contribution in [1.82, 2.24) is 14.7 Å². The molecule has 0 aliphatic carbocycles. The highest BCUT2D eigenvalue weighted by Gasteiger charge is 2.29. The summed E-state index contributed by atoms with van der Waals surface area (Å²) in [5, 5.41) is -0.507. The van der Waals surface area contributed by atoms with Crippen LogP contribution in [0.25, 0.3) is 0 Å². The normalized spacial score (nSPS) is 20.4. The largest absolute Gasteiger partial charge is 0.372 e. The Morgan fingerprint density at radius 2 is 1.69 bits per heavy atom. The summed E-state index contributed by atoms with van der Waals surface area (Å²) in [5.41, 5.74) is 0. The van der Waals surface area contributed by atoms with Crippen molar-refractivity contribution in [3.05, 3.63) is 28.2 Å². The van der Waals surface area contributed by atoms with Gasteiger partial charge in [-0.3, -0.25) is 9.69 Å². The fourth-order valence-corrected chi connectivity index (χ4v) is 6.84. The van der Waals surface area contributed by atoms with Gasteiger partial charge in [0.2, 0.25) is 5.91 Å². The molecule has 1 aromatic rings. The van der Waals surface area contributed by atoms with Gasteiger partial charge in [-0.2, -0.15) is 0 Å². The Bertz CT molecular complexity index is 863. The standard InChI is InChI=1S/C22H33Cl2N3O4S/c1-17(32(29,30)22-19(23)4-3-5-20(22)24)8-15-31-16-21(28)27-13-11-26(12-14-27)18-6-9-25(2)10-7-18/h3-5,17-18H,6-16H2,1-2H3. The SMILES string of the molecule is CC(CCOCC(=O)N1CCN(C2CCN(C)CC2)CC1)S(=O)(=O)c1c(Cl)cccc1Cl. The van der Waals surface area contributed by atoms with E-state index in [-0.39, 0.29) is 40.5 Å². The molecule has 0 aromatic heterocycles. The second-order valence-corrected chi connectivity index (χ2v) is 11.8. The summed E-state index contributed by atoms with van der Waals surface area (Å²) in [6, 6.07) is 5.25. The summed E-state index contributed by atoms with van der Waals surface area (Å²) in [7, 11) is -1.53. The Morgan fingerprint density at radius 1 is 1.09 bits per heavy atom. The Labute approximate surface area is 201 Å². The van der Waals surface area contributed by atoms with Crippen LogP contribution in [0.15, 0.2) is 23.1 Å². The molecule has 2 saturated heterocycles. The van der Waals surface area contributed by atoms with E-state index >= 15 is 0 Å². The Morgan fingerprint density at radius 3 is 2.28 bits per heavy atom. The summed E-state index contributed by atoms with van der Waals surface area (Å²) in [6.07, 6.45) is 2.63. The number of amides is 1. The number of likely N-dealkylation sites (tertiary alicyclic amines) is 1. The highest BCUT2D eigenvalue weighted by Crippen LogP contribution is 2.32. The van der Waals surface area contributed by atoms with Crippen LogP contribution >= 0.6 is 23.2 Å². The molecule has 7 nitrogen and oxygen atoms in total. The van der Waals surface area contributed by atoms with Crippen molar-refractivity contribution in [2.75, 3.05) is 59.5 Å². The monoisotopic (exact) mass is 505 g/mol. The molecule has 1 atom stereocenters. The maximum Gasteiger partial charge on any atom is 0.248 e. The molecule has 10 heteroatoms. The van der Waals surface area contributed by atoms with Gasteiger partial charge in [0.15, 0.2) is 9.84 Å². The average molecular weight is 506 g/mol. The molecule has 0 spiro atoms. The first-order chi connectivity index (χ1) is 15.2. The molecular weight excluding hydrogens is 473 g/mol. The van der Waals surface area contributed by atoms with E-state index in [1.807, 2.05) is 4.90 Å². The molecule has 3 rings (SSSR count). The molecule has 32 heavy (non-hydrogen) atoms. The molecule has 2 aliphatic heterocycles. The number of carbonyl (C=O) groups is 1. The molecule has 0 bridgehead atoms.